The van der Waals surface area contributed by atoms with Gasteiger partial charge in [-0.2, -0.15) is 0 Å². The van der Waals surface area contributed by atoms with E-state index in [0.717, 1.165) is 28.9 Å². The first-order valence-electron chi connectivity index (χ1n) is 11.8. The minimum absolute atomic E-state index is 0.0581. The molecule has 0 radical (unpaired) electrons. The standard InChI is InChI=1S/C25H24N4O6/c1-3-13-6-8-16-15(11-13)25(24(32)26-16)21-20(18-5-4-10-27(18)25)22(30)28(23(21)31)17-9-7-14(29(33)34)12-19(17)35-2/h6-9,11-12,18,20-21H,3-5,10H2,1-2H3,(H,26,32)/t18-,20-,21-,25-/m1/s1. The lowest BCUT2D eigenvalue weighted by Gasteiger charge is -2.36. The first kappa shape index (κ1) is 21.7. The SMILES string of the molecule is CCc1ccc2c(c1)[C@]1(C(=O)N2)[C@H]2C(=O)N(c3ccc([N+](=O)[O-])cc3OC)C(=O)[C@@H]2[C@H]2CCCN21. The number of aryl methyl sites for hydroxylation is 1. The molecule has 2 aromatic carbocycles. The van der Waals surface area contributed by atoms with Crippen LogP contribution in [-0.4, -0.2) is 47.2 Å². The van der Waals surface area contributed by atoms with Gasteiger partial charge in [-0.25, -0.2) is 4.90 Å². The number of nitro benzene ring substituents is 1. The molecule has 35 heavy (non-hydrogen) atoms. The van der Waals surface area contributed by atoms with Gasteiger partial charge in [-0.3, -0.25) is 29.4 Å². The molecule has 1 spiro atoms. The number of imide groups is 1. The molecular weight excluding hydrogens is 452 g/mol. The highest BCUT2D eigenvalue weighted by Crippen LogP contribution is 2.61. The molecule has 10 heteroatoms. The maximum atomic E-state index is 14.1. The number of fused-ring (bicyclic) bond motifs is 7. The topological polar surface area (TPSA) is 122 Å². The van der Waals surface area contributed by atoms with Crippen molar-refractivity contribution in [3.8, 4) is 5.75 Å². The van der Waals surface area contributed by atoms with Gasteiger partial charge in [0.1, 0.15) is 11.3 Å². The quantitative estimate of drug-likeness (QED) is 0.409. The summed E-state index contributed by atoms with van der Waals surface area (Å²) in [6.07, 6.45) is 2.31. The van der Waals surface area contributed by atoms with Gasteiger partial charge in [0, 0.05) is 23.4 Å². The molecule has 3 fully saturated rings. The molecule has 180 valence electrons. The Labute approximate surface area is 201 Å². The lowest BCUT2D eigenvalue weighted by atomic mass is 9.75. The van der Waals surface area contributed by atoms with E-state index in [1.807, 2.05) is 25.1 Å². The minimum atomic E-state index is -1.26. The molecule has 6 rings (SSSR count). The zero-order valence-electron chi connectivity index (χ0n) is 19.3. The van der Waals surface area contributed by atoms with Crippen LogP contribution in [-0.2, 0) is 26.3 Å². The van der Waals surface area contributed by atoms with E-state index in [9.17, 15) is 24.5 Å². The number of amides is 3. The Morgan fingerprint density at radius 1 is 1.17 bits per heavy atom. The van der Waals surface area contributed by atoms with E-state index in [1.54, 1.807) is 0 Å². The average molecular weight is 476 g/mol. The fourth-order valence-corrected chi connectivity index (χ4v) is 6.67. The van der Waals surface area contributed by atoms with Gasteiger partial charge < -0.3 is 10.1 Å². The summed E-state index contributed by atoms with van der Waals surface area (Å²) < 4.78 is 5.34. The van der Waals surface area contributed by atoms with E-state index in [0.29, 0.717) is 18.7 Å². The van der Waals surface area contributed by atoms with Gasteiger partial charge in [0.05, 0.1) is 35.6 Å². The Balaban J connectivity index is 1.53. The summed E-state index contributed by atoms with van der Waals surface area (Å²) >= 11 is 0. The Bertz CT molecular complexity index is 1330. The summed E-state index contributed by atoms with van der Waals surface area (Å²) in [5.41, 5.74) is 1.15. The normalized spacial score (nSPS) is 28.9. The van der Waals surface area contributed by atoms with Gasteiger partial charge in [-0.15, -0.1) is 0 Å². The smallest absolute Gasteiger partial charge is 0.273 e. The molecule has 0 aromatic heterocycles. The molecule has 0 saturated carbocycles. The highest BCUT2D eigenvalue weighted by molar-refractivity contribution is 6.26. The van der Waals surface area contributed by atoms with Crippen molar-refractivity contribution in [2.45, 2.75) is 37.8 Å². The lowest BCUT2D eigenvalue weighted by molar-refractivity contribution is -0.384. The van der Waals surface area contributed by atoms with Gasteiger partial charge in [-0.1, -0.05) is 19.1 Å². The van der Waals surface area contributed by atoms with Crippen LogP contribution in [0.4, 0.5) is 17.1 Å². The van der Waals surface area contributed by atoms with Crippen molar-refractivity contribution in [3.63, 3.8) is 0 Å². The average Bonchev–Trinajstić information content (AvgIpc) is 3.56. The summed E-state index contributed by atoms with van der Waals surface area (Å²) in [6, 6.07) is 9.39. The molecule has 3 amide bonds. The zero-order valence-corrected chi connectivity index (χ0v) is 19.3. The van der Waals surface area contributed by atoms with E-state index in [4.69, 9.17) is 4.74 Å². The summed E-state index contributed by atoms with van der Waals surface area (Å²) in [6.45, 7) is 2.66. The number of carbonyl (C=O) groups excluding carboxylic acids is 3. The Kier molecular flexibility index (Phi) is 4.56. The number of carbonyl (C=O) groups is 3. The number of methoxy groups -OCH3 is 1. The number of non-ortho nitro benzene ring substituents is 1. The van der Waals surface area contributed by atoms with Crippen LogP contribution in [0.3, 0.4) is 0 Å². The first-order chi connectivity index (χ1) is 16.8. The van der Waals surface area contributed by atoms with Gasteiger partial charge >= 0.3 is 0 Å². The zero-order chi connectivity index (χ0) is 24.6. The second kappa shape index (κ2) is 7.35. The first-order valence-corrected chi connectivity index (χ1v) is 11.8. The van der Waals surface area contributed by atoms with Crippen molar-refractivity contribution in [1.29, 1.82) is 0 Å². The molecule has 2 aromatic rings. The van der Waals surface area contributed by atoms with Crippen molar-refractivity contribution in [2.75, 3.05) is 23.9 Å². The second-order valence-corrected chi connectivity index (χ2v) is 9.49. The van der Waals surface area contributed by atoms with E-state index < -0.39 is 34.1 Å². The van der Waals surface area contributed by atoms with Crippen LogP contribution in [0.5, 0.6) is 5.75 Å². The summed E-state index contributed by atoms with van der Waals surface area (Å²) in [4.78, 5) is 55.5. The monoisotopic (exact) mass is 476 g/mol. The number of anilines is 2. The van der Waals surface area contributed by atoms with Crippen molar-refractivity contribution in [1.82, 2.24) is 4.90 Å². The molecule has 4 heterocycles. The van der Waals surface area contributed by atoms with Crippen LogP contribution >= 0.6 is 0 Å². The second-order valence-electron chi connectivity index (χ2n) is 9.49. The Morgan fingerprint density at radius 2 is 1.97 bits per heavy atom. The van der Waals surface area contributed by atoms with Crippen molar-refractivity contribution in [2.24, 2.45) is 11.8 Å². The molecular formula is C25H24N4O6. The summed E-state index contributed by atoms with van der Waals surface area (Å²) in [7, 11) is 1.33. The predicted molar refractivity (Wildman–Crippen MR) is 125 cm³/mol. The van der Waals surface area contributed by atoms with E-state index in [2.05, 4.69) is 10.2 Å². The van der Waals surface area contributed by atoms with Crippen molar-refractivity contribution >= 4 is 34.8 Å². The Morgan fingerprint density at radius 3 is 2.69 bits per heavy atom. The number of hydrogen-bond donors (Lipinski definition) is 1. The van der Waals surface area contributed by atoms with Crippen molar-refractivity contribution in [3.05, 3.63) is 57.6 Å². The highest BCUT2D eigenvalue weighted by Gasteiger charge is 2.74. The molecule has 3 saturated heterocycles. The summed E-state index contributed by atoms with van der Waals surface area (Å²) in [5, 5.41) is 14.2. The number of ether oxygens (including phenoxy) is 1. The lowest BCUT2D eigenvalue weighted by Crippen LogP contribution is -2.54. The maximum absolute atomic E-state index is 14.1. The van der Waals surface area contributed by atoms with Gasteiger partial charge in [0.15, 0.2) is 0 Å². The third-order valence-electron chi connectivity index (χ3n) is 8.08. The predicted octanol–water partition coefficient (Wildman–Crippen LogP) is 2.60. The largest absolute Gasteiger partial charge is 0.494 e. The van der Waals surface area contributed by atoms with Crippen LogP contribution < -0.4 is 15.0 Å². The molecule has 4 aliphatic heterocycles. The van der Waals surface area contributed by atoms with Gasteiger partial charge in [-0.05, 0) is 43.5 Å². The van der Waals surface area contributed by atoms with Crippen molar-refractivity contribution < 1.29 is 24.0 Å². The molecule has 4 atom stereocenters. The van der Waals surface area contributed by atoms with E-state index >= 15 is 0 Å². The molecule has 0 aliphatic carbocycles. The fourth-order valence-electron chi connectivity index (χ4n) is 6.67. The van der Waals surface area contributed by atoms with E-state index in [-0.39, 0.29) is 29.1 Å². The van der Waals surface area contributed by atoms with E-state index in [1.165, 1.54) is 25.3 Å². The third kappa shape index (κ3) is 2.60. The maximum Gasteiger partial charge on any atom is 0.273 e. The fraction of sp³-hybridized carbons (Fsp3) is 0.400. The number of benzene rings is 2. The Hall–Kier alpha value is -3.79. The minimum Gasteiger partial charge on any atom is -0.494 e. The number of nitro groups is 1. The van der Waals surface area contributed by atoms with Crippen LogP contribution in [0.25, 0.3) is 0 Å². The van der Waals surface area contributed by atoms with Crippen LogP contribution in [0, 0.1) is 22.0 Å². The molecule has 0 unspecified atom stereocenters. The summed E-state index contributed by atoms with van der Waals surface area (Å²) in [5.74, 6) is -2.68. The van der Waals surface area contributed by atoms with Crippen LogP contribution in [0.15, 0.2) is 36.4 Å². The number of hydrogen-bond acceptors (Lipinski definition) is 7. The molecule has 4 aliphatic rings. The van der Waals surface area contributed by atoms with Crippen LogP contribution in [0.1, 0.15) is 30.9 Å². The molecule has 1 N–H and O–H groups in total. The van der Waals surface area contributed by atoms with Gasteiger partial charge in [0.2, 0.25) is 17.7 Å². The highest BCUT2D eigenvalue weighted by atomic mass is 16.6. The number of nitrogens with one attached hydrogen (secondary N) is 1. The number of rotatable bonds is 4. The molecule has 0 bridgehead atoms. The number of nitrogens with zero attached hydrogens (tertiary/aromatic N) is 3. The molecule has 10 nitrogen and oxygen atoms in total. The third-order valence-corrected chi connectivity index (χ3v) is 8.08. The van der Waals surface area contributed by atoms with Gasteiger partial charge in [0.25, 0.3) is 5.69 Å². The van der Waals surface area contributed by atoms with Crippen LogP contribution in [0.2, 0.25) is 0 Å².